The average molecular weight is 454 g/mol. The molecule has 1 heterocycles. The molecule has 0 fully saturated rings. The molecule has 1 N–H and O–H groups in total. The Labute approximate surface area is 184 Å². The van der Waals surface area contributed by atoms with Crippen molar-refractivity contribution >= 4 is 29.1 Å². The molecule has 168 valence electrons. The van der Waals surface area contributed by atoms with E-state index in [-0.39, 0.29) is 28.8 Å². The molecule has 2 aromatic carbocycles. The topological polar surface area (TPSA) is 185 Å². The lowest BCUT2D eigenvalue weighted by molar-refractivity contribution is -0.394. The minimum Gasteiger partial charge on any atom is -0.493 e. The van der Waals surface area contributed by atoms with E-state index in [2.05, 4.69) is 15.5 Å². The highest BCUT2D eigenvalue weighted by Crippen LogP contribution is 2.38. The van der Waals surface area contributed by atoms with Crippen molar-refractivity contribution in [2.24, 2.45) is 5.10 Å². The molecule has 0 saturated carbocycles. The third kappa shape index (κ3) is 5.52. The lowest BCUT2D eigenvalue weighted by atomic mass is 10.2. The number of methoxy groups -OCH3 is 1. The van der Waals surface area contributed by atoms with Crippen LogP contribution in [0.15, 0.2) is 59.8 Å². The van der Waals surface area contributed by atoms with Gasteiger partial charge in [-0.1, -0.05) is 0 Å². The number of nitrogens with one attached hydrogen (secondary N) is 1. The Bertz CT molecular complexity index is 1250. The first-order chi connectivity index (χ1) is 15.8. The second-order valence-electron chi connectivity index (χ2n) is 6.21. The number of nitro benzene ring substituents is 2. The molecular formula is C19H14N6O8. The molecule has 0 aliphatic heterocycles. The van der Waals surface area contributed by atoms with Gasteiger partial charge in [-0.2, -0.15) is 5.10 Å². The summed E-state index contributed by atoms with van der Waals surface area (Å²) in [6.45, 7) is 0. The zero-order valence-electron chi connectivity index (χ0n) is 16.8. The summed E-state index contributed by atoms with van der Waals surface area (Å²) >= 11 is 0. The third-order valence-electron chi connectivity index (χ3n) is 4.11. The Hall–Kier alpha value is -5.14. The maximum atomic E-state index is 11.3. The third-order valence-corrected chi connectivity index (χ3v) is 4.11. The van der Waals surface area contributed by atoms with Crippen molar-refractivity contribution in [3.05, 3.63) is 90.6 Å². The number of hydrogen-bond donors (Lipinski definition) is 1. The molecule has 0 amide bonds. The number of rotatable bonds is 9. The first-order valence-corrected chi connectivity index (χ1v) is 8.96. The molecule has 0 aliphatic carbocycles. The van der Waals surface area contributed by atoms with Gasteiger partial charge in [0.2, 0.25) is 5.75 Å². The lowest BCUT2D eigenvalue weighted by Gasteiger charge is -2.11. The van der Waals surface area contributed by atoms with Crippen molar-refractivity contribution in [1.82, 2.24) is 4.98 Å². The summed E-state index contributed by atoms with van der Waals surface area (Å²) < 4.78 is 10.8. The van der Waals surface area contributed by atoms with Crippen molar-refractivity contribution in [3.8, 4) is 17.2 Å². The number of benzene rings is 2. The van der Waals surface area contributed by atoms with Gasteiger partial charge in [0.05, 0.1) is 34.2 Å². The van der Waals surface area contributed by atoms with Crippen LogP contribution in [0.5, 0.6) is 17.2 Å². The smallest absolute Gasteiger partial charge is 0.318 e. The molecule has 33 heavy (non-hydrogen) atoms. The highest BCUT2D eigenvalue weighted by atomic mass is 16.6. The SMILES string of the molecule is COc1cc(/C=N\Nc2ccc([N+](=O)[O-])cn2)ccc1Oc1ccc([N+](=O)[O-])cc1[N+](=O)[O-]. The van der Waals surface area contributed by atoms with Gasteiger partial charge < -0.3 is 9.47 Å². The summed E-state index contributed by atoms with van der Waals surface area (Å²) in [5.41, 5.74) is 2.01. The van der Waals surface area contributed by atoms with Crippen molar-refractivity contribution in [1.29, 1.82) is 0 Å². The fourth-order valence-corrected chi connectivity index (χ4v) is 2.55. The fraction of sp³-hybridized carbons (Fsp3) is 0.0526. The number of hydrazone groups is 1. The molecule has 0 saturated heterocycles. The van der Waals surface area contributed by atoms with Crippen LogP contribution in [0.25, 0.3) is 0 Å². The van der Waals surface area contributed by atoms with E-state index in [0.29, 0.717) is 5.56 Å². The van der Waals surface area contributed by atoms with Crippen LogP contribution in [0.1, 0.15) is 5.56 Å². The molecule has 1 aromatic heterocycles. The van der Waals surface area contributed by atoms with Crippen LogP contribution in [0.2, 0.25) is 0 Å². The lowest BCUT2D eigenvalue weighted by Crippen LogP contribution is -1.98. The summed E-state index contributed by atoms with van der Waals surface area (Å²) in [4.78, 5) is 34.6. The number of ether oxygens (including phenoxy) is 2. The summed E-state index contributed by atoms with van der Waals surface area (Å²) in [5.74, 6) is 0.446. The van der Waals surface area contributed by atoms with Crippen LogP contribution < -0.4 is 14.9 Å². The second-order valence-corrected chi connectivity index (χ2v) is 6.21. The Morgan fingerprint density at radius 3 is 2.18 bits per heavy atom. The highest BCUT2D eigenvalue weighted by Gasteiger charge is 2.22. The minimum absolute atomic E-state index is 0.136. The number of non-ortho nitro benzene ring substituents is 1. The van der Waals surface area contributed by atoms with E-state index >= 15 is 0 Å². The van der Waals surface area contributed by atoms with E-state index in [4.69, 9.17) is 9.47 Å². The number of aromatic nitrogens is 1. The Balaban J connectivity index is 1.77. The Kier molecular flexibility index (Phi) is 6.68. The maximum Gasteiger partial charge on any atom is 0.318 e. The number of pyridine rings is 1. The molecule has 0 spiro atoms. The van der Waals surface area contributed by atoms with E-state index < -0.39 is 26.1 Å². The number of nitrogens with zero attached hydrogens (tertiary/aromatic N) is 5. The quantitative estimate of drug-likeness (QED) is 0.281. The molecule has 0 bridgehead atoms. The van der Waals surface area contributed by atoms with Crippen molar-refractivity contribution < 1.29 is 24.2 Å². The predicted molar refractivity (Wildman–Crippen MR) is 115 cm³/mol. The van der Waals surface area contributed by atoms with Gasteiger partial charge in [-0.25, -0.2) is 4.98 Å². The van der Waals surface area contributed by atoms with Crippen molar-refractivity contribution in [2.75, 3.05) is 12.5 Å². The average Bonchev–Trinajstić information content (AvgIpc) is 2.80. The van der Waals surface area contributed by atoms with E-state index in [9.17, 15) is 30.3 Å². The minimum atomic E-state index is -0.784. The molecular weight excluding hydrogens is 440 g/mol. The summed E-state index contributed by atoms with van der Waals surface area (Å²) in [6.07, 6.45) is 2.51. The normalized spacial score (nSPS) is 10.6. The fourth-order valence-electron chi connectivity index (χ4n) is 2.55. The molecule has 0 aliphatic rings. The van der Waals surface area contributed by atoms with Gasteiger partial charge in [0.1, 0.15) is 12.0 Å². The van der Waals surface area contributed by atoms with Gasteiger partial charge in [-0.15, -0.1) is 0 Å². The molecule has 0 radical (unpaired) electrons. The van der Waals surface area contributed by atoms with Crippen LogP contribution in [0.3, 0.4) is 0 Å². The summed E-state index contributed by atoms with van der Waals surface area (Å²) in [6, 6.07) is 10.3. The van der Waals surface area contributed by atoms with Crippen LogP contribution >= 0.6 is 0 Å². The van der Waals surface area contributed by atoms with E-state index in [1.165, 1.54) is 31.5 Å². The van der Waals surface area contributed by atoms with Crippen LogP contribution in [-0.4, -0.2) is 33.1 Å². The van der Waals surface area contributed by atoms with Crippen molar-refractivity contribution in [2.45, 2.75) is 0 Å². The van der Waals surface area contributed by atoms with Crippen molar-refractivity contribution in [3.63, 3.8) is 0 Å². The largest absolute Gasteiger partial charge is 0.493 e. The molecule has 14 heteroatoms. The zero-order chi connectivity index (χ0) is 24.0. The first kappa shape index (κ1) is 22.5. The van der Waals surface area contributed by atoms with Gasteiger partial charge in [-0.3, -0.25) is 35.8 Å². The highest BCUT2D eigenvalue weighted by molar-refractivity contribution is 5.81. The van der Waals surface area contributed by atoms with Crippen LogP contribution in [0, 0.1) is 30.3 Å². The van der Waals surface area contributed by atoms with E-state index in [1.54, 1.807) is 12.1 Å². The summed E-state index contributed by atoms with van der Waals surface area (Å²) in [7, 11) is 1.37. The number of anilines is 1. The zero-order valence-corrected chi connectivity index (χ0v) is 16.8. The predicted octanol–water partition coefficient (Wildman–Crippen LogP) is 4.05. The Morgan fingerprint density at radius 1 is 0.879 bits per heavy atom. The molecule has 0 unspecified atom stereocenters. The van der Waals surface area contributed by atoms with Gasteiger partial charge >= 0.3 is 5.69 Å². The van der Waals surface area contributed by atoms with Crippen LogP contribution in [0.4, 0.5) is 22.9 Å². The van der Waals surface area contributed by atoms with Gasteiger partial charge in [0.15, 0.2) is 11.5 Å². The summed E-state index contributed by atoms with van der Waals surface area (Å²) in [5, 5.41) is 36.8. The Morgan fingerprint density at radius 2 is 1.58 bits per heavy atom. The monoisotopic (exact) mass is 454 g/mol. The molecule has 3 rings (SSSR count). The first-order valence-electron chi connectivity index (χ1n) is 8.96. The van der Waals surface area contributed by atoms with Gasteiger partial charge in [0.25, 0.3) is 11.4 Å². The van der Waals surface area contributed by atoms with Gasteiger partial charge in [-0.05, 0) is 35.9 Å². The molecule has 14 nitrogen and oxygen atoms in total. The molecule has 3 aromatic rings. The second kappa shape index (κ2) is 9.78. The van der Waals surface area contributed by atoms with Gasteiger partial charge in [0, 0.05) is 12.1 Å². The molecule has 0 atom stereocenters. The van der Waals surface area contributed by atoms with Crippen LogP contribution in [-0.2, 0) is 0 Å². The van der Waals surface area contributed by atoms with E-state index in [0.717, 1.165) is 24.4 Å². The number of nitro groups is 3. The number of hydrogen-bond acceptors (Lipinski definition) is 11. The standard InChI is InChI=1S/C19H14N6O8/c1-32-18-8-12(10-21-22-19-7-4-14(11-20-19)24(28)29)2-5-17(18)33-16-6-3-13(23(26)27)9-15(16)25(30)31/h2-11H,1H3,(H,20,22)/b21-10-. The maximum absolute atomic E-state index is 11.3. The van der Waals surface area contributed by atoms with E-state index in [1.807, 2.05) is 0 Å².